The highest BCUT2D eigenvalue weighted by Crippen LogP contribution is 2.27. The van der Waals surface area contributed by atoms with Crippen molar-refractivity contribution in [1.82, 2.24) is 19.7 Å². The molecule has 1 amide bonds. The van der Waals surface area contributed by atoms with Gasteiger partial charge in [-0.25, -0.2) is 0 Å². The summed E-state index contributed by atoms with van der Waals surface area (Å²) in [6.45, 7) is 3.22. The van der Waals surface area contributed by atoms with E-state index in [1.807, 2.05) is 35.8 Å². The second-order valence-electron chi connectivity index (χ2n) is 5.62. The summed E-state index contributed by atoms with van der Waals surface area (Å²) in [7, 11) is 0. The van der Waals surface area contributed by atoms with E-state index in [2.05, 4.69) is 10.2 Å². The van der Waals surface area contributed by atoms with Crippen LogP contribution in [0.25, 0.3) is 11.0 Å². The van der Waals surface area contributed by atoms with Gasteiger partial charge in [0.15, 0.2) is 17.4 Å². The number of aliphatic hydroxyl groups excluding tert-OH is 1. The lowest BCUT2D eigenvalue weighted by Crippen LogP contribution is -2.38. The molecule has 1 N–H and O–H groups in total. The summed E-state index contributed by atoms with van der Waals surface area (Å²) in [5.41, 5.74) is 1.57. The smallest absolute Gasteiger partial charge is 0.290 e. The first-order valence-electron chi connectivity index (χ1n) is 7.48. The Kier molecular flexibility index (Phi) is 3.16. The molecule has 0 spiro atoms. The fourth-order valence-electron chi connectivity index (χ4n) is 3.03. The first kappa shape index (κ1) is 14.0. The maximum absolute atomic E-state index is 12.8. The van der Waals surface area contributed by atoms with Gasteiger partial charge in [-0.2, -0.15) is 0 Å². The first-order valence-corrected chi connectivity index (χ1v) is 7.48. The average Bonchev–Trinajstić information content (AvgIpc) is 3.15. The number of hydrogen-bond donors (Lipinski definition) is 1. The van der Waals surface area contributed by atoms with Crippen LogP contribution in [0.5, 0.6) is 0 Å². The van der Waals surface area contributed by atoms with Gasteiger partial charge in [-0.1, -0.05) is 18.2 Å². The largest absolute Gasteiger partial charge is 0.451 e. The SMILES string of the molecule is Cc1c(C(=O)N2CCn3c(CO)nnc3C2)oc2ccccc12. The normalized spacial score (nSPS) is 14.3. The van der Waals surface area contributed by atoms with Crippen LogP contribution >= 0.6 is 0 Å². The predicted octanol–water partition coefficient (Wildman–Crippen LogP) is 1.48. The highest BCUT2D eigenvalue weighted by Gasteiger charge is 2.28. The molecule has 23 heavy (non-hydrogen) atoms. The van der Waals surface area contributed by atoms with Crippen LogP contribution in [-0.2, 0) is 19.7 Å². The second-order valence-corrected chi connectivity index (χ2v) is 5.62. The zero-order valence-electron chi connectivity index (χ0n) is 12.7. The maximum atomic E-state index is 12.8. The fourth-order valence-corrected chi connectivity index (χ4v) is 3.03. The van der Waals surface area contributed by atoms with Crippen LogP contribution < -0.4 is 0 Å². The molecule has 0 aliphatic carbocycles. The minimum Gasteiger partial charge on any atom is -0.451 e. The second kappa shape index (κ2) is 5.20. The lowest BCUT2D eigenvalue weighted by Gasteiger charge is -2.27. The van der Waals surface area contributed by atoms with E-state index in [-0.39, 0.29) is 12.5 Å². The van der Waals surface area contributed by atoms with Crippen molar-refractivity contribution in [3.05, 3.63) is 47.2 Å². The van der Waals surface area contributed by atoms with Crippen LogP contribution in [-0.4, -0.2) is 37.2 Å². The lowest BCUT2D eigenvalue weighted by atomic mass is 10.1. The molecule has 1 aliphatic rings. The van der Waals surface area contributed by atoms with Gasteiger partial charge in [-0.3, -0.25) is 4.79 Å². The zero-order chi connectivity index (χ0) is 16.0. The number of fused-ring (bicyclic) bond motifs is 2. The van der Waals surface area contributed by atoms with Crippen LogP contribution in [0.1, 0.15) is 27.8 Å². The van der Waals surface area contributed by atoms with E-state index in [4.69, 9.17) is 4.42 Å². The Morgan fingerprint density at radius 1 is 1.30 bits per heavy atom. The summed E-state index contributed by atoms with van der Waals surface area (Å²) in [6.07, 6.45) is 0. The molecule has 3 heterocycles. The molecule has 3 aromatic rings. The number of para-hydroxylation sites is 1. The Morgan fingerprint density at radius 2 is 2.13 bits per heavy atom. The van der Waals surface area contributed by atoms with Crippen LogP contribution in [0.4, 0.5) is 0 Å². The van der Waals surface area contributed by atoms with E-state index >= 15 is 0 Å². The summed E-state index contributed by atoms with van der Waals surface area (Å²) in [5, 5.41) is 18.2. The van der Waals surface area contributed by atoms with E-state index in [0.717, 1.165) is 16.5 Å². The lowest BCUT2D eigenvalue weighted by molar-refractivity contribution is 0.0674. The summed E-state index contributed by atoms with van der Waals surface area (Å²) in [6, 6.07) is 7.63. The van der Waals surface area contributed by atoms with Crippen LogP contribution in [0.2, 0.25) is 0 Å². The molecule has 1 aromatic carbocycles. The van der Waals surface area contributed by atoms with Crippen LogP contribution in [0.15, 0.2) is 28.7 Å². The van der Waals surface area contributed by atoms with Crippen molar-refractivity contribution >= 4 is 16.9 Å². The number of carbonyl (C=O) groups is 1. The zero-order valence-corrected chi connectivity index (χ0v) is 12.7. The number of hydrogen-bond acceptors (Lipinski definition) is 5. The molecule has 0 unspecified atom stereocenters. The van der Waals surface area contributed by atoms with Gasteiger partial charge in [0.2, 0.25) is 0 Å². The molecule has 0 saturated carbocycles. The van der Waals surface area contributed by atoms with Gasteiger partial charge < -0.3 is 19.0 Å². The van der Waals surface area contributed by atoms with E-state index in [9.17, 15) is 9.90 Å². The maximum Gasteiger partial charge on any atom is 0.290 e. The molecule has 0 radical (unpaired) electrons. The van der Waals surface area contributed by atoms with Crippen molar-refractivity contribution < 1.29 is 14.3 Å². The van der Waals surface area contributed by atoms with Gasteiger partial charge in [-0.05, 0) is 13.0 Å². The van der Waals surface area contributed by atoms with Crippen LogP contribution in [0.3, 0.4) is 0 Å². The minimum atomic E-state index is -0.149. The molecule has 0 saturated heterocycles. The number of carbonyl (C=O) groups excluding carboxylic acids is 1. The number of aromatic nitrogens is 3. The molecule has 0 bridgehead atoms. The third-order valence-corrected chi connectivity index (χ3v) is 4.30. The van der Waals surface area contributed by atoms with Crippen molar-refractivity contribution in [2.24, 2.45) is 0 Å². The third-order valence-electron chi connectivity index (χ3n) is 4.30. The monoisotopic (exact) mass is 312 g/mol. The van der Waals surface area contributed by atoms with E-state index in [1.54, 1.807) is 4.90 Å². The Hall–Kier alpha value is -2.67. The molecule has 7 nitrogen and oxygen atoms in total. The molecular formula is C16H16N4O3. The van der Waals surface area contributed by atoms with Crippen molar-refractivity contribution in [3.63, 3.8) is 0 Å². The molecule has 0 fully saturated rings. The summed E-state index contributed by atoms with van der Waals surface area (Å²) in [5.74, 6) is 1.45. The number of aryl methyl sites for hydroxylation is 1. The van der Waals surface area contributed by atoms with Crippen molar-refractivity contribution in [2.45, 2.75) is 26.6 Å². The van der Waals surface area contributed by atoms with Gasteiger partial charge in [0.05, 0.1) is 6.54 Å². The van der Waals surface area contributed by atoms with E-state index in [1.165, 1.54) is 0 Å². The number of furan rings is 1. The van der Waals surface area contributed by atoms with Crippen molar-refractivity contribution in [3.8, 4) is 0 Å². The molecule has 4 rings (SSSR count). The fraction of sp³-hybridized carbons (Fsp3) is 0.312. The van der Waals surface area contributed by atoms with Crippen LogP contribution in [0, 0.1) is 6.92 Å². The Balaban J connectivity index is 1.65. The van der Waals surface area contributed by atoms with Gasteiger partial charge in [0.25, 0.3) is 5.91 Å². The van der Waals surface area contributed by atoms with Gasteiger partial charge >= 0.3 is 0 Å². The summed E-state index contributed by atoms with van der Waals surface area (Å²) >= 11 is 0. The molecule has 1 aliphatic heterocycles. The van der Waals surface area contributed by atoms with Crippen molar-refractivity contribution in [1.29, 1.82) is 0 Å². The summed E-state index contributed by atoms with van der Waals surface area (Å²) < 4.78 is 7.61. The molecule has 0 atom stereocenters. The van der Waals surface area contributed by atoms with Gasteiger partial charge in [0, 0.05) is 24.0 Å². The first-order chi connectivity index (χ1) is 11.2. The molecule has 118 valence electrons. The minimum absolute atomic E-state index is 0.140. The topological polar surface area (TPSA) is 84.4 Å². The Morgan fingerprint density at radius 3 is 2.91 bits per heavy atom. The number of aliphatic hydroxyl groups is 1. The van der Waals surface area contributed by atoms with E-state index in [0.29, 0.717) is 37.0 Å². The number of benzene rings is 1. The quantitative estimate of drug-likeness (QED) is 0.775. The molecule has 2 aromatic heterocycles. The number of nitrogens with zero attached hydrogens (tertiary/aromatic N) is 4. The van der Waals surface area contributed by atoms with Crippen molar-refractivity contribution in [2.75, 3.05) is 6.54 Å². The Labute approximate surface area is 132 Å². The third kappa shape index (κ3) is 2.12. The molecule has 7 heteroatoms. The van der Waals surface area contributed by atoms with Gasteiger partial charge in [-0.15, -0.1) is 10.2 Å². The number of amides is 1. The van der Waals surface area contributed by atoms with E-state index < -0.39 is 0 Å². The Bertz CT molecular complexity index is 896. The average molecular weight is 312 g/mol. The highest BCUT2D eigenvalue weighted by molar-refractivity contribution is 5.98. The van der Waals surface area contributed by atoms with Gasteiger partial charge in [0.1, 0.15) is 12.2 Å². The standard InChI is InChI=1S/C16H16N4O3/c1-10-11-4-2-3-5-12(11)23-15(10)16(22)19-6-7-20-13(8-19)17-18-14(20)9-21/h2-5,21H,6-9H2,1H3. The number of rotatable bonds is 2. The molecular weight excluding hydrogens is 296 g/mol. The highest BCUT2D eigenvalue weighted by atomic mass is 16.3. The predicted molar refractivity (Wildman–Crippen MR) is 81.6 cm³/mol. The summed E-state index contributed by atoms with van der Waals surface area (Å²) in [4.78, 5) is 14.5.